The number of halogens is 6. The van der Waals surface area contributed by atoms with E-state index in [1.165, 1.54) is 4.72 Å². The average Bonchev–Trinajstić information content (AvgIpc) is 2.55. The van der Waals surface area contributed by atoms with E-state index in [2.05, 4.69) is 4.74 Å². The fraction of sp³-hybridized carbons (Fsp3) is 0.0769. The molecule has 2 rings (SSSR count). The molecule has 0 unspecified atom stereocenters. The van der Waals surface area contributed by atoms with Crippen molar-refractivity contribution >= 4 is 15.7 Å². The van der Waals surface area contributed by atoms with Gasteiger partial charge in [0.25, 0.3) is 10.0 Å². The van der Waals surface area contributed by atoms with Gasteiger partial charge < -0.3 is 4.74 Å². The third-order valence-corrected chi connectivity index (χ3v) is 4.23. The van der Waals surface area contributed by atoms with Crippen LogP contribution in [0.2, 0.25) is 0 Å². The lowest BCUT2D eigenvalue weighted by Crippen LogP contribution is -2.17. The number of ether oxygens (including phenoxy) is 1. The van der Waals surface area contributed by atoms with Crippen LogP contribution in [0.1, 0.15) is 0 Å². The van der Waals surface area contributed by atoms with Gasteiger partial charge in [0.2, 0.25) is 5.82 Å². The molecule has 4 nitrogen and oxygen atoms in total. The van der Waals surface area contributed by atoms with Crippen molar-refractivity contribution in [2.24, 2.45) is 0 Å². The maximum absolute atomic E-state index is 13.5. The lowest BCUT2D eigenvalue weighted by atomic mass is 10.2. The summed E-state index contributed by atoms with van der Waals surface area (Å²) in [7, 11) is -3.72. The van der Waals surface area contributed by atoms with Gasteiger partial charge in [0.1, 0.15) is 5.69 Å². The monoisotopic (exact) mass is 371 g/mol. The summed E-state index contributed by atoms with van der Waals surface area (Å²) in [5.74, 6) is -13.3. The Morgan fingerprint density at radius 3 is 1.83 bits per heavy atom. The molecule has 11 heteroatoms. The number of rotatable bonds is 4. The molecular formula is C13H7F6NO3S. The largest absolute Gasteiger partial charge is 0.494 e. The molecule has 0 spiro atoms. The highest BCUT2D eigenvalue weighted by Crippen LogP contribution is 2.29. The number of hydrogen-bond donors (Lipinski definition) is 1. The third kappa shape index (κ3) is 2.98. The summed E-state index contributed by atoms with van der Waals surface area (Å²) in [6.45, 7) is 0. The Labute approximate surface area is 131 Å². The fourth-order valence-electron chi connectivity index (χ4n) is 1.70. The van der Waals surface area contributed by atoms with Crippen molar-refractivity contribution in [1.29, 1.82) is 0 Å². The first-order valence-corrected chi connectivity index (χ1v) is 7.46. The van der Waals surface area contributed by atoms with Crippen molar-refractivity contribution in [3.05, 3.63) is 53.1 Å². The van der Waals surface area contributed by atoms with E-state index in [0.717, 1.165) is 19.2 Å². The molecule has 0 aromatic heterocycles. The van der Waals surface area contributed by atoms with E-state index < -0.39 is 55.5 Å². The average molecular weight is 371 g/mol. The second-order valence-corrected chi connectivity index (χ2v) is 6.03. The topological polar surface area (TPSA) is 55.4 Å². The zero-order valence-electron chi connectivity index (χ0n) is 11.6. The first-order chi connectivity index (χ1) is 11.1. The van der Waals surface area contributed by atoms with Crippen molar-refractivity contribution in [3.63, 3.8) is 0 Å². The van der Waals surface area contributed by atoms with Crippen LogP contribution in [0.5, 0.6) is 5.75 Å². The summed E-state index contributed by atoms with van der Waals surface area (Å²) < 4.78 is 109. The zero-order chi connectivity index (χ0) is 18.2. The molecule has 130 valence electrons. The molecule has 0 amide bonds. The summed E-state index contributed by atoms with van der Waals surface area (Å²) in [5, 5.41) is 0. The normalized spacial score (nSPS) is 11.5. The van der Waals surface area contributed by atoms with E-state index in [1.54, 1.807) is 0 Å². The van der Waals surface area contributed by atoms with E-state index in [9.17, 15) is 34.8 Å². The van der Waals surface area contributed by atoms with Gasteiger partial charge in [-0.25, -0.2) is 34.8 Å². The Hall–Kier alpha value is -2.43. The number of anilines is 1. The minimum Gasteiger partial charge on any atom is -0.494 e. The number of hydrogen-bond acceptors (Lipinski definition) is 3. The van der Waals surface area contributed by atoms with Crippen LogP contribution >= 0.6 is 0 Å². The van der Waals surface area contributed by atoms with Gasteiger partial charge in [-0.15, -0.1) is 0 Å². The Morgan fingerprint density at radius 2 is 1.38 bits per heavy atom. The quantitative estimate of drug-likeness (QED) is 0.510. The SMILES string of the molecule is COc1ccc(S(=O)(=O)Nc2c(F)c(F)c(F)c(F)c2F)cc1F. The summed E-state index contributed by atoms with van der Waals surface area (Å²) in [6, 6.07) is 2.17. The number of sulfonamides is 1. The summed E-state index contributed by atoms with van der Waals surface area (Å²) in [6.07, 6.45) is 0. The van der Waals surface area contributed by atoms with Crippen LogP contribution in [-0.4, -0.2) is 15.5 Å². The maximum atomic E-state index is 13.5. The molecule has 0 aliphatic carbocycles. The van der Waals surface area contributed by atoms with Gasteiger partial charge in [-0.1, -0.05) is 0 Å². The van der Waals surface area contributed by atoms with Crippen LogP contribution in [0.3, 0.4) is 0 Å². The van der Waals surface area contributed by atoms with Crippen LogP contribution < -0.4 is 9.46 Å². The first-order valence-electron chi connectivity index (χ1n) is 5.98. The molecule has 0 aliphatic heterocycles. The van der Waals surface area contributed by atoms with Gasteiger partial charge in [-0.05, 0) is 18.2 Å². The van der Waals surface area contributed by atoms with Crippen LogP contribution in [0, 0.1) is 34.9 Å². The minimum absolute atomic E-state index is 0.315. The first kappa shape index (κ1) is 17.9. The molecule has 2 aromatic carbocycles. The highest BCUT2D eigenvalue weighted by Gasteiger charge is 2.29. The van der Waals surface area contributed by atoms with Crippen molar-refractivity contribution in [1.82, 2.24) is 0 Å². The highest BCUT2D eigenvalue weighted by molar-refractivity contribution is 7.92. The Balaban J connectivity index is 2.53. The van der Waals surface area contributed by atoms with Crippen LogP contribution in [-0.2, 0) is 10.0 Å². The second kappa shape index (κ2) is 6.23. The molecule has 0 heterocycles. The van der Waals surface area contributed by atoms with Crippen LogP contribution in [0.15, 0.2) is 23.1 Å². The molecule has 2 aromatic rings. The summed E-state index contributed by atoms with van der Waals surface area (Å²) in [5.41, 5.74) is -1.78. The van der Waals surface area contributed by atoms with Crippen LogP contribution in [0.25, 0.3) is 0 Å². The van der Waals surface area contributed by atoms with Gasteiger partial charge in [0.15, 0.2) is 34.8 Å². The number of benzene rings is 2. The fourth-order valence-corrected chi connectivity index (χ4v) is 2.77. The molecule has 0 aliphatic rings. The lowest BCUT2D eigenvalue weighted by molar-refractivity contribution is 0.382. The van der Waals surface area contributed by atoms with Gasteiger partial charge in [0.05, 0.1) is 12.0 Å². The molecule has 0 saturated heterocycles. The molecule has 0 fully saturated rings. The second-order valence-electron chi connectivity index (χ2n) is 4.35. The predicted octanol–water partition coefficient (Wildman–Crippen LogP) is 3.33. The van der Waals surface area contributed by atoms with Gasteiger partial charge in [-0.3, -0.25) is 4.72 Å². The maximum Gasteiger partial charge on any atom is 0.262 e. The number of methoxy groups -OCH3 is 1. The van der Waals surface area contributed by atoms with Crippen molar-refractivity contribution in [2.45, 2.75) is 4.90 Å². The molecule has 1 N–H and O–H groups in total. The molecule has 0 radical (unpaired) electrons. The third-order valence-electron chi connectivity index (χ3n) is 2.88. The zero-order valence-corrected chi connectivity index (χ0v) is 12.4. The van der Waals surface area contributed by atoms with Gasteiger partial charge >= 0.3 is 0 Å². The van der Waals surface area contributed by atoms with Crippen molar-refractivity contribution in [3.8, 4) is 5.75 Å². The standard InChI is InChI=1S/C13H7F6NO3S/c1-23-7-3-2-5(4-6(7)14)24(21,22)20-13-11(18)9(16)8(15)10(17)12(13)19/h2-4,20H,1H3. The van der Waals surface area contributed by atoms with E-state index in [-0.39, 0.29) is 5.75 Å². The van der Waals surface area contributed by atoms with E-state index in [0.29, 0.717) is 6.07 Å². The molecule has 0 bridgehead atoms. The minimum atomic E-state index is -4.83. The van der Waals surface area contributed by atoms with E-state index >= 15 is 0 Å². The summed E-state index contributed by atoms with van der Waals surface area (Å²) in [4.78, 5) is -0.815. The smallest absolute Gasteiger partial charge is 0.262 e. The van der Waals surface area contributed by atoms with Crippen molar-refractivity contribution in [2.75, 3.05) is 11.8 Å². The Kier molecular flexibility index (Phi) is 4.65. The van der Waals surface area contributed by atoms with Crippen molar-refractivity contribution < 1.29 is 39.5 Å². The molecule has 0 saturated carbocycles. The molecule has 0 atom stereocenters. The van der Waals surface area contributed by atoms with E-state index in [1.807, 2.05) is 0 Å². The Morgan fingerprint density at radius 1 is 0.875 bits per heavy atom. The predicted molar refractivity (Wildman–Crippen MR) is 70.0 cm³/mol. The number of nitrogens with one attached hydrogen (secondary N) is 1. The summed E-state index contributed by atoms with van der Waals surface area (Å²) >= 11 is 0. The Bertz CT molecular complexity index is 887. The molecule has 24 heavy (non-hydrogen) atoms. The van der Waals surface area contributed by atoms with Gasteiger partial charge in [-0.2, -0.15) is 0 Å². The highest BCUT2D eigenvalue weighted by atomic mass is 32.2. The van der Waals surface area contributed by atoms with Gasteiger partial charge in [0, 0.05) is 0 Å². The lowest BCUT2D eigenvalue weighted by Gasteiger charge is -2.12. The molecular weight excluding hydrogens is 364 g/mol. The van der Waals surface area contributed by atoms with E-state index in [4.69, 9.17) is 0 Å². The van der Waals surface area contributed by atoms with Crippen LogP contribution in [0.4, 0.5) is 32.0 Å².